The molecule has 0 atom stereocenters. The van der Waals surface area contributed by atoms with Gasteiger partial charge in [0, 0.05) is 11.3 Å². The lowest BCUT2D eigenvalue weighted by Crippen LogP contribution is -2.00. The molecule has 1 rings (SSSR count). The van der Waals surface area contributed by atoms with Crippen LogP contribution >= 0.6 is 11.8 Å². The molecule has 0 saturated heterocycles. The highest BCUT2D eigenvalue weighted by atomic mass is 32.2. The van der Waals surface area contributed by atoms with Crippen molar-refractivity contribution in [2.75, 3.05) is 24.7 Å². The van der Waals surface area contributed by atoms with Gasteiger partial charge >= 0.3 is 0 Å². The summed E-state index contributed by atoms with van der Waals surface area (Å²) in [5.74, 6) is 8.57. The lowest BCUT2D eigenvalue weighted by atomic mass is 10.2. The molecule has 0 heterocycles. The van der Waals surface area contributed by atoms with Gasteiger partial charge in [-0.15, -0.1) is 0 Å². The molecule has 0 saturated carbocycles. The predicted octanol–water partition coefficient (Wildman–Crippen LogP) is 2.94. The Hall–Kier alpha value is -1.11. The van der Waals surface area contributed by atoms with E-state index < -0.39 is 0 Å². The summed E-state index contributed by atoms with van der Waals surface area (Å²) in [7, 11) is 0. The van der Waals surface area contributed by atoms with Gasteiger partial charge in [0.05, 0.1) is 6.61 Å². The number of rotatable bonds is 7. The summed E-state index contributed by atoms with van der Waals surface area (Å²) >= 11 is 1.93. The summed E-state index contributed by atoms with van der Waals surface area (Å²) in [4.78, 5) is 0. The first-order chi connectivity index (χ1) is 8.86. The summed E-state index contributed by atoms with van der Waals surface area (Å²) in [5.41, 5.74) is 0.875. The molecule has 0 bridgehead atoms. The van der Waals surface area contributed by atoms with Gasteiger partial charge in [-0.05, 0) is 30.4 Å². The highest BCUT2D eigenvalue weighted by Crippen LogP contribution is 2.13. The molecule has 3 heteroatoms. The SMILES string of the molecule is CCCCSCCOc1cccc(C#CCO)c1. The molecule has 0 aromatic heterocycles. The minimum atomic E-state index is -0.112. The quantitative estimate of drug-likeness (QED) is 0.606. The molecule has 0 amide bonds. The molecule has 1 N–H and O–H groups in total. The fraction of sp³-hybridized carbons (Fsp3) is 0.467. The zero-order valence-electron chi connectivity index (χ0n) is 10.8. The van der Waals surface area contributed by atoms with Crippen LogP contribution in [0.15, 0.2) is 24.3 Å². The van der Waals surface area contributed by atoms with E-state index in [4.69, 9.17) is 9.84 Å². The monoisotopic (exact) mass is 264 g/mol. The third-order valence-corrected chi connectivity index (χ3v) is 3.32. The zero-order chi connectivity index (χ0) is 13.1. The van der Waals surface area contributed by atoms with Gasteiger partial charge in [-0.25, -0.2) is 0 Å². The van der Waals surface area contributed by atoms with Gasteiger partial charge < -0.3 is 9.84 Å². The van der Waals surface area contributed by atoms with Crippen LogP contribution in [0, 0.1) is 11.8 Å². The summed E-state index contributed by atoms with van der Waals surface area (Å²) in [5, 5.41) is 8.63. The van der Waals surface area contributed by atoms with Crippen LogP contribution in [0.5, 0.6) is 5.75 Å². The average molecular weight is 264 g/mol. The van der Waals surface area contributed by atoms with E-state index in [0.29, 0.717) is 0 Å². The molecule has 0 aliphatic rings. The van der Waals surface area contributed by atoms with Crippen LogP contribution in [0.1, 0.15) is 25.3 Å². The van der Waals surface area contributed by atoms with Gasteiger partial charge in [0.1, 0.15) is 12.4 Å². The minimum Gasteiger partial charge on any atom is -0.493 e. The van der Waals surface area contributed by atoms with Crippen molar-refractivity contribution in [2.45, 2.75) is 19.8 Å². The largest absolute Gasteiger partial charge is 0.493 e. The van der Waals surface area contributed by atoms with E-state index >= 15 is 0 Å². The minimum absolute atomic E-state index is 0.112. The summed E-state index contributed by atoms with van der Waals surface area (Å²) < 4.78 is 5.66. The molecular formula is C15H20O2S. The van der Waals surface area contributed by atoms with Crippen LogP contribution in [-0.4, -0.2) is 29.8 Å². The maximum Gasteiger partial charge on any atom is 0.120 e. The van der Waals surface area contributed by atoms with Gasteiger partial charge in [-0.1, -0.05) is 31.3 Å². The standard InChI is InChI=1S/C15H20O2S/c1-2-3-11-18-12-10-17-15-8-4-6-14(13-15)7-5-9-16/h4,6,8,13,16H,2-3,9-12H2,1H3. The summed E-state index contributed by atoms with van der Waals surface area (Å²) in [6, 6.07) is 7.66. The van der Waals surface area contributed by atoms with Crippen LogP contribution < -0.4 is 4.74 Å². The number of aliphatic hydroxyl groups is 1. The van der Waals surface area contributed by atoms with Crippen molar-refractivity contribution in [1.82, 2.24) is 0 Å². The molecule has 98 valence electrons. The fourth-order valence-electron chi connectivity index (χ4n) is 1.37. The predicted molar refractivity (Wildman–Crippen MR) is 78.1 cm³/mol. The maximum absolute atomic E-state index is 8.63. The first kappa shape index (κ1) is 14.9. The lowest BCUT2D eigenvalue weighted by molar-refractivity contribution is 0.344. The van der Waals surface area contributed by atoms with E-state index in [-0.39, 0.29) is 6.61 Å². The molecule has 0 spiro atoms. The van der Waals surface area contributed by atoms with Crippen molar-refractivity contribution in [1.29, 1.82) is 0 Å². The fourth-order valence-corrected chi connectivity index (χ4v) is 2.27. The van der Waals surface area contributed by atoms with E-state index in [9.17, 15) is 0 Å². The molecule has 1 aromatic carbocycles. The molecule has 0 aliphatic carbocycles. The number of hydrogen-bond acceptors (Lipinski definition) is 3. The number of benzene rings is 1. The average Bonchev–Trinajstić information content (AvgIpc) is 2.41. The molecule has 18 heavy (non-hydrogen) atoms. The molecule has 1 aromatic rings. The number of unbranched alkanes of at least 4 members (excludes halogenated alkanes) is 1. The van der Waals surface area contributed by atoms with Crippen molar-refractivity contribution in [2.24, 2.45) is 0 Å². The first-order valence-electron chi connectivity index (χ1n) is 6.27. The van der Waals surface area contributed by atoms with E-state index in [1.54, 1.807) is 0 Å². The Morgan fingerprint density at radius 1 is 1.33 bits per heavy atom. The van der Waals surface area contributed by atoms with Crippen LogP contribution in [0.25, 0.3) is 0 Å². The van der Waals surface area contributed by atoms with Crippen molar-refractivity contribution >= 4 is 11.8 Å². The van der Waals surface area contributed by atoms with Crippen LogP contribution in [0.4, 0.5) is 0 Å². The zero-order valence-corrected chi connectivity index (χ0v) is 11.6. The maximum atomic E-state index is 8.63. The number of ether oxygens (including phenoxy) is 1. The third-order valence-electron chi connectivity index (χ3n) is 2.28. The summed E-state index contributed by atoms with van der Waals surface area (Å²) in [6.45, 7) is 2.82. The van der Waals surface area contributed by atoms with Crippen molar-refractivity contribution in [3.8, 4) is 17.6 Å². The molecule has 0 unspecified atom stereocenters. The van der Waals surface area contributed by atoms with E-state index in [1.165, 1.54) is 18.6 Å². The number of hydrogen-bond donors (Lipinski definition) is 1. The van der Waals surface area contributed by atoms with Crippen molar-refractivity contribution in [3.05, 3.63) is 29.8 Å². The Morgan fingerprint density at radius 3 is 3.00 bits per heavy atom. The smallest absolute Gasteiger partial charge is 0.120 e. The van der Waals surface area contributed by atoms with Gasteiger partial charge in [0.25, 0.3) is 0 Å². The van der Waals surface area contributed by atoms with Crippen molar-refractivity contribution in [3.63, 3.8) is 0 Å². The molecular weight excluding hydrogens is 244 g/mol. The van der Waals surface area contributed by atoms with Gasteiger partial charge in [0.15, 0.2) is 0 Å². The lowest BCUT2D eigenvalue weighted by Gasteiger charge is -2.06. The highest BCUT2D eigenvalue weighted by Gasteiger charge is 1.95. The Kier molecular flexibility index (Phi) is 8.20. The van der Waals surface area contributed by atoms with Crippen LogP contribution in [-0.2, 0) is 0 Å². The number of thioether (sulfide) groups is 1. The molecule has 0 radical (unpaired) electrons. The third kappa shape index (κ3) is 6.58. The second-order valence-corrected chi connectivity index (χ2v) is 5.03. The normalized spacial score (nSPS) is 9.67. The Balaban J connectivity index is 2.29. The van der Waals surface area contributed by atoms with Gasteiger partial charge in [-0.2, -0.15) is 11.8 Å². The Labute approximate surface area is 114 Å². The van der Waals surface area contributed by atoms with Gasteiger partial charge in [0.2, 0.25) is 0 Å². The Bertz CT molecular complexity index is 393. The van der Waals surface area contributed by atoms with E-state index in [1.807, 2.05) is 36.0 Å². The first-order valence-corrected chi connectivity index (χ1v) is 7.42. The van der Waals surface area contributed by atoms with E-state index in [0.717, 1.165) is 23.7 Å². The second kappa shape index (κ2) is 9.87. The Morgan fingerprint density at radius 2 is 2.22 bits per heavy atom. The van der Waals surface area contributed by atoms with E-state index in [2.05, 4.69) is 18.8 Å². The molecule has 2 nitrogen and oxygen atoms in total. The summed E-state index contributed by atoms with van der Waals surface area (Å²) in [6.07, 6.45) is 2.52. The second-order valence-electron chi connectivity index (χ2n) is 3.80. The molecule has 0 fully saturated rings. The topological polar surface area (TPSA) is 29.5 Å². The molecule has 0 aliphatic heterocycles. The van der Waals surface area contributed by atoms with Crippen molar-refractivity contribution < 1.29 is 9.84 Å². The van der Waals surface area contributed by atoms with Crippen LogP contribution in [0.2, 0.25) is 0 Å². The van der Waals surface area contributed by atoms with Gasteiger partial charge in [-0.3, -0.25) is 0 Å². The number of aliphatic hydroxyl groups excluding tert-OH is 1. The van der Waals surface area contributed by atoms with Crippen LogP contribution in [0.3, 0.4) is 0 Å². The highest BCUT2D eigenvalue weighted by molar-refractivity contribution is 7.99.